The maximum absolute atomic E-state index is 12.3. The molecule has 0 bridgehead atoms. The van der Waals surface area contributed by atoms with E-state index in [1.807, 2.05) is 0 Å². The summed E-state index contributed by atoms with van der Waals surface area (Å²) < 4.78 is 25.8. The minimum absolute atomic E-state index is 0.00590. The largest absolute Gasteiger partial charge is 0.478 e. The first-order valence-electron chi connectivity index (χ1n) is 6.35. The van der Waals surface area contributed by atoms with Crippen LogP contribution in [0, 0.1) is 0 Å². The van der Waals surface area contributed by atoms with Crippen LogP contribution in [0.1, 0.15) is 29.8 Å². The second kappa shape index (κ2) is 6.83. The second-order valence-corrected chi connectivity index (χ2v) is 6.14. The molecule has 0 heterocycles. The van der Waals surface area contributed by atoms with Crippen molar-refractivity contribution in [1.82, 2.24) is 4.31 Å². The van der Waals surface area contributed by atoms with Gasteiger partial charge in [0.25, 0.3) is 0 Å². The summed E-state index contributed by atoms with van der Waals surface area (Å²) in [6, 6.07) is 4.10. The summed E-state index contributed by atoms with van der Waals surface area (Å²) in [5, 5.41) is 18.0. The highest BCUT2D eigenvalue weighted by atomic mass is 32.2. The van der Waals surface area contributed by atoms with Crippen LogP contribution >= 0.6 is 0 Å². The monoisotopic (exact) mass is 301 g/mol. The van der Waals surface area contributed by atoms with Crippen molar-refractivity contribution in [2.24, 2.45) is 0 Å². The number of aliphatic hydroxyl groups excluding tert-OH is 1. The fraction of sp³-hybridized carbons (Fsp3) is 0.462. The van der Waals surface area contributed by atoms with Gasteiger partial charge in [0.2, 0.25) is 10.0 Å². The van der Waals surface area contributed by atoms with Crippen molar-refractivity contribution in [1.29, 1.82) is 0 Å². The molecule has 0 fully saturated rings. The summed E-state index contributed by atoms with van der Waals surface area (Å²) in [6.07, 6.45) is 0.510. The van der Waals surface area contributed by atoms with Gasteiger partial charge in [0.05, 0.1) is 17.1 Å². The topological polar surface area (TPSA) is 94.9 Å². The molecule has 0 aliphatic heterocycles. The molecule has 0 saturated heterocycles. The molecule has 0 aliphatic rings. The van der Waals surface area contributed by atoms with Gasteiger partial charge in [-0.15, -0.1) is 0 Å². The Balaban J connectivity index is 3.32. The fourth-order valence-corrected chi connectivity index (χ4v) is 3.40. The van der Waals surface area contributed by atoms with Gasteiger partial charge in [-0.05, 0) is 24.1 Å². The number of rotatable bonds is 7. The highest BCUT2D eigenvalue weighted by Crippen LogP contribution is 2.20. The molecular formula is C13H19NO5S. The third-order valence-corrected chi connectivity index (χ3v) is 5.00. The van der Waals surface area contributed by atoms with Gasteiger partial charge in [0.1, 0.15) is 0 Å². The maximum atomic E-state index is 12.3. The molecule has 0 radical (unpaired) electrons. The first-order valence-corrected chi connectivity index (χ1v) is 7.79. The van der Waals surface area contributed by atoms with E-state index in [0.29, 0.717) is 12.0 Å². The zero-order valence-electron chi connectivity index (χ0n) is 11.5. The molecule has 0 aliphatic carbocycles. The Bertz CT molecular complexity index is 582. The standard InChI is InChI=1S/C13H19NO5S/c1-3-10-5-6-11(9-12(10)13(16)17)20(18,19)14(4-2)7-8-15/h5-6,9,15H,3-4,7-8H2,1-2H3,(H,16,17). The Hall–Kier alpha value is -1.44. The number of aryl methyl sites for hydroxylation is 1. The predicted molar refractivity (Wildman–Crippen MR) is 74.3 cm³/mol. The van der Waals surface area contributed by atoms with E-state index in [1.165, 1.54) is 18.2 Å². The number of sulfonamides is 1. The molecule has 20 heavy (non-hydrogen) atoms. The molecule has 0 aromatic heterocycles. The van der Waals surface area contributed by atoms with Crippen molar-refractivity contribution in [2.45, 2.75) is 25.2 Å². The first-order chi connectivity index (χ1) is 9.38. The summed E-state index contributed by atoms with van der Waals surface area (Å²) in [5.74, 6) is -1.15. The van der Waals surface area contributed by atoms with Crippen LogP contribution in [-0.4, -0.2) is 48.6 Å². The molecule has 0 atom stereocenters. The molecule has 1 rings (SSSR count). The Morgan fingerprint density at radius 1 is 1.30 bits per heavy atom. The Kier molecular flexibility index (Phi) is 5.67. The van der Waals surface area contributed by atoms with Gasteiger partial charge < -0.3 is 10.2 Å². The van der Waals surface area contributed by atoms with Crippen LogP contribution in [0.2, 0.25) is 0 Å². The number of nitrogens with zero attached hydrogens (tertiary/aromatic N) is 1. The summed E-state index contributed by atoms with van der Waals surface area (Å²) in [7, 11) is -3.78. The molecule has 7 heteroatoms. The third-order valence-electron chi connectivity index (χ3n) is 3.03. The number of hydrogen-bond donors (Lipinski definition) is 2. The lowest BCUT2D eigenvalue weighted by molar-refractivity contribution is 0.0695. The van der Waals surface area contributed by atoms with Gasteiger partial charge in [-0.2, -0.15) is 4.31 Å². The van der Waals surface area contributed by atoms with E-state index in [9.17, 15) is 13.2 Å². The highest BCUT2D eigenvalue weighted by molar-refractivity contribution is 7.89. The minimum Gasteiger partial charge on any atom is -0.478 e. The lowest BCUT2D eigenvalue weighted by Crippen LogP contribution is -2.33. The van der Waals surface area contributed by atoms with Crippen LogP contribution in [0.3, 0.4) is 0 Å². The first kappa shape index (κ1) is 16.6. The van der Waals surface area contributed by atoms with Crippen LogP contribution in [0.5, 0.6) is 0 Å². The summed E-state index contributed by atoms with van der Waals surface area (Å²) in [5.41, 5.74) is 0.579. The van der Waals surface area contributed by atoms with Crippen molar-refractivity contribution in [3.05, 3.63) is 29.3 Å². The number of aliphatic hydroxyl groups is 1. The highest BCUT2D eigenvalue weighted by Gasteiger charge is 2.24. The van der Waals surface area contributed by atoms with Gasteiger partial charge >= 0.3 is 5.97 Å². The average molecular weight is 301 g/mol. The van der Waals surface area contributed by atoms with Crippen molar-refractivity contribution < 1.29 is 23.4 Å². The Labute approximate surface area is 118 Å². The fourth-order valence-electron chi connectivity index (χ4n) is 1.93. The molecule has 112 valence electrons. The third kappa shape index (κ3) is 3.36. The Morgan fingerprint density at radius 2 is 1.95 bits per heavy atom. The average Bonchev–Trinajstić information content (AvgIpc) is 2.43. The van der Waals surface area contributed by atoms with Crippen molar-refractivity contribution in [2.75, 3.05) is 19.7 Å². The van der Waals surface area contributed by atoms with Crippen LogP contribution in [0.4, 0.5) is 0 Å². The van der Waals surface area contributed by atoms with E-state index in [0.717, 1.165) is 4.31 Å². The van der Waals surface area contributed by atoms with Crippen LogP contribution in [0.15, 0.2) is 23.1 Å². The van der Waals surface area contributed by atoms with E-state index in [4.69, 9.17) is 10.2 Å². The minimum atomic E-state index is -3.78. The summed E-state index contributed by atoms with van der Waals surface area (Å²) in [6.45, 7) is 3.37. The normalized spacial score (nSPS) is 11.8. The van der Waals surface area contributed by atoms with Gasteiger partial charge in [-0.25, -0.2) is 13.2 Å². The number of likely N-dealkylation sites (N-methyl/N-ethyl adjacent to an activating group) is 1. The lowest BCUT2D eigenvalue weighted by Gasteiger charge is -2.20. The SMILES string of the molecule is CCc1ccc(S(=O)(=O)N(CC)CCO)cc1C(=O)O. The quantitative estimate of drug-likeness (QED) is 0.782. The molecule has 0 unspecified atom stereocenters. The number of carbonyl (C=O) groups is 1. The van der Waals surface area contributed by atoms with Crippen LogP contribution < -0.4 is 0 Å². The van der Waals surface area contributed by atoms with E-state index >= 15 is 0 Å². The number of carboxylic acids is 1. The van der Waals surface area contributed by atoms with Crippen LogP contribution in [0.25, 0.3) is 0 Å². The molecular weight excluding hydrogens is 282 g/mol. The van der Waals surface area contributed by atoms with Crippen molar-refractivity contribution >= 4 is 16.0 Å². The molecule has 1 aromatic carbocycles. The van der Waals surface area contributed by atoms with Gasteiger partial charge in [0.15, 0.2) is 0 Å². The van der Waals surface area contributed by atoms with Crippen LogP contribution in [-0.2, 0) is 16.4 Å². The zero-order valence-corrected chi connectivity index (χ0v) is 12.4. The van der Waals surface area contributed by atoms with Gasteiger partial charge in [-0.1, -0.05) is 19.9 Å². The number of aromatic carboxylic acids is 1. The van der Waals surface area contributed by atoms with Gasteiger partial charge in [-0.3, -0.25) is 0 Å². The number of carboxylic acid groups (broad SMARTS) is 1. The number of hydrogen-bond acceptors (Lipinski definition) is 4. The molecule has 2 N–H and O–H groups in total. The van der Waals surface area contributed by atoms with Gasteiger partial charge in [0, 0.05) is 13.1 Å². The maximum Gasteiger partial charge on any atom is 0.336 e. The number of benzene rings is 1. The Morgan fingerprint density at radius 3 is 2.40 bits per heavy atom. The van der Waals surface area contributed by atoms with E-state index in [-0.39, 0.29) is 30.2 Å². The van der Waals surface area contributed by atoms with E-state index in [2.05, 4.69) is 0 Å². The molecule has 1 aromatic rings. The van der Waals surface area contributed by atoms with Crippen molar-refractivity contribution in [3.8, 4) is 0 Å². The predicted octanol–water partition coefficient (Wildman–Crippen LogP) is 0.950. The summed E-state index contributed by atoms with van der Waals surface area (Å²) in [4.78, 5) is 11.1. The summed E-state index contributed by atoms with van der Waals surface area (Å²) >= 11 is 0. The zero-order chi connectivity index (χ0) is 15.3. The molecule has 0 saturated carbocycles. The van der Waals surface area contributed by atoms with Crippen molar-refractivity contribution in [3.63, 3.8) is 0 Å². The molecule has 0 amide bonds. The molecule has 6 nitrogen and oxygen atoms in total. The van der Waals surface area contributed by atoms with E-state index in [1.54, 1.807) is 13.8 Å². The smallest absolute Gasteiger partial charge is 0.336 e. The van der Waals surface area contributed by atoms with E-state index < -0.39 is 16.0 Å². The molecule has 0 spiro atoms. The lowest BCUT2D eigenvalue weighted by atomic mass is 10.1. The second-order valence-electron chi connectivity index (χ2n) is 4.20.